The lowest BCUT2D eigenvalue weighted by atomic mass is 10.1. The fraction of sp³-hybridized carbons (Fsp3) is 0.636. The second-order valence-corrected chi connectivity index (χ2v) is 10.8. The number of aromatic nitrogens is 2. The van der Waals surface area contributed by atoms with Crippen LogP contribution in [0.3, 0.4) is 0 Å². The van der Waals surface area contributed by atoms with E-state index in [4.69, 9.17) is 4.74 Å². The van der Waals surface area contributed by atoms with Gasteiger partial charge in [-0.25, -0.2) is 23.8 Å². The van der Waals surface area contributed by atoms with Gasteiger partial charge in [0, 0.05) is 24.9 Å². The summed E-state index contributed by atoms with van der Waals surface area (Å²) in [6.45, 7) is 6.77. The highest BCUT2D eigenvalue weighted by atomic mass is 32.1. The van der Waals surface area contributed by atoms with Gasteiger partial charge >= 0.3 is 11.8 Å². The first-order chi connectivity index (χ1) is 15.4. The third-order valence-electron chi connectivity index (χ3n) is 5.99. The van der Waals surface area contributed by atoms with Crippen LogP contribution >= 0.6 is 11.3 Å². The van der Waals surface area contributed by atoms with Gasteiger partial charge in [-0.3, -0.25) is 13.9 Å². The fourth-order valence-electron chi connectivity index (χ4n) is 4.21. The predicted octanol–water partition coefficient (Wildman–Crippen LogP) is 4.16. The van der Waals surface area contributed by atoms with Crippen molar-refractivity contribution in [1.82, 2.24) is 14.6 Å². The largest absolute Gasteiger partial charge is 0.443 e. The minimum atomic E-state index is -2.83. The highest BCUT2D eigenvalue weighted by molar-refractivity contribution is 7.20. The van der Waals surface area contributed by atoms with Gasteiger partial charge in [-0.1, -0.05) is 0 Å². The van der Waals surface area contributed by atoms with Crippen molar-refractivity contribution in [2.45, 2.75) is 83.9 Å². The number of ether oxygens (including phenoxy) is 1. The van der Waals surface area contributed by atoms with Gasteiger partial charge in [0.2, 0.25) is 0 Å². The third-order valence-corrected chi connectivity index (χ3v) is 7.24. The molecule has 2 aromatic rings. The van der Waals surface area contributed by atoms with E-state index in [1.54, 1.807) is 27.7 Å². The van der Waals surface area contributed by atoms with Crippen LogP contribution in [0.15, 0.2) is 14.7 Å². The topological polar surface area (TPSA) is 94.7 Å². The average Bonchev–Trinajstić information content (AvgIpc) is 3.38. The number of hydrazone groups is 1. The van der Waals surface area contributed by atoms with Crippen LogP contribution in [-0.2, 0) is 11.3 Å². The highest BCUT2D eigenvalue weighted by Gasteiger charge is 2.44. The van der Waals surface area contributed by atoms with Crippen LogP contribution in [0.4, 0.5) is 13.6 Å². The minimum absolute atomic E-state index is 0.137. The molecule has 8 nitrogen and oxygen atoms in total. The van der Waals surface area contributed by atoms with Crippen LogP contribution in [0, 0.1) is 12.8 Å². The first kappa shape index (κ1) is 23.6. The molecule has 2 aromatic heterocycles. The number of alkyl halides is 2. The molecule has 2 fully saturated rings. The van der Waals surface area contributed by atoms with Crippen molar-refractivity contribution in [3.05, 3.63) is 31.3 Å². The van der Waals surface area contributed by atoms with E-state index in [0.717, 1.165) is 24.2 Å². The Labute approximate surface area is 193 Å². The number of fused-ring (bicyclic) bond motifs is 1. The Morgan fingerprint density at radius 2 is 2.00 bits per heavy atom. The summed E-state index contributed by atoms with van der Waals surface area (Å²) in [6, 6.07) is -0.185. The molecule has 33 heavy (non-hydrogen) atoms. The number of hydrogen-bond donors (Lipinski definition) is 1. The van der Waals surface area contributed by atoms with E-state index in [-0.39, 0.29) is 19.0 Å². The van der Waals surface area contributed by atoms with Crippen molar-refractivity contribution in [3.8, 4) is 0 Å². The number of halogens is 2. The second-order valence-electron chi connectivity index (χ2n) is 9.79. The van der Waals surface area contributed by atoms with Gasteiger partial charge in [0.05, 0.1) is 16.5 Å². The fourth-order valence-corrected chi connectivity index (χ4v) is 5.38. The molecule has 0 aliphatic heterocycles. The molecule has 0 bridgehead atoms. The summed E-state index contributed by atoms with van der Waals surface area (Å²) in [7, 11) is 0. The number of hydrogen-bond acceptors (Lipinski definition) is 6. The molecule has 2 aliphatic carbocycles. The molecule has 0 spiro atoms. The Bertz CT molecular complexity index is 1230. The number of amides is 1. The van der Waals surface area contributed by atoms with Crippen LogP contribution in [-0.4, -0.2) is 33.0 Å². The smallest absolute Gasteiger partial charge is 0.428 e. The normalized spacial score (nSPS) is 20.6. The molecule has 1 atom stereocenters. The number of nitrogens with one attached hydrogen (secondary N) is 1. The van der Waals surface area contributed by atoms with Gasteiger partial charge in [-0.05, 0) is 58.9 Å². The summed E-state index contributed by atoms with van der Waals surface area (Å²) in [5, 5.41) is 4.24. The summed E-state index contributed by atoms with van der Waals surface area (Å²) in [5.41, 5.74) is 1.25. The van der Waals surface area contributed by atoms with E-state index in [1.807, 2.05) is 0 Å². The molecule has 0 radical (unpaired) electrons. The van der Waals surface area contributed by atoms with Crippen molar-refractivity contribution in [1.29, 1.82) is 0 Å². The van der Waals surface area contributed by atoms with Crippen molar-refractivity contribution in [2.24, 2.45) is 11.0 Å². The van der Waals surface area contributed by atoms with Gasteiger partial charge in [0.25, 0.3) is 11.5 Å². The van der Waals surface area contributed by atoms with Crippen LogP contribution in [0.2, 0.25) is 0 Å². The highest BCUT2D eigenvalue weighted by Crippen LogP contribution is 2.42. The van der Waals surface area contributed by atoms with E-state index in [1.165, 1.54) is 15.3 Å². The average molecular weight is 483 g/mol. The number of rotatable bonds is 5. The molecule has 2 heterocycles. The molecule has 1 N–H and O–H groups in total. The summed E-state index contributed by atoms with van der Waals surface area (Å²) >= 11 is 1.13. The van der Waals surface area contributed by atoms with Crippen LogP contribution in [0.25, 0.3) is 10.2 Å². The lowest BCUT2D eigenvalue weighted by Crippen LogP contribution is -2.41. The number of carbonyl (C=O) groups is 1. The number of nitrogens with zero attached hydrogens (tertiary/aromatic N) is 3. The zero-order chi connectivity index (χ0) is 24.1. The zero-order valence-electron chi connectivity index (χ0n) is 19.1. The second kappa shape index (κ2) is 8.34. The molecular weight excluding hydrogens is 454 g/mol. The van der Waals surface area contributed by atoms with Crippen LogP contribution in [0.1, 0.15) is 69.4 Å². The molecular formula is C22H28F2N4O4S. The lowest BCUT2D eigenvalue weighted by Gasteiger charge is -2.21. The maximum absolute atomic E-state index is 14.4. The molecule has 180 valence electrons. The number of thiophene rings is 1. The van der Waals surface area contributed by atoms with Gasteiger partial charge in [-0.2, -0.15) is 5.10 Å². The van der Waals surface area contributed by atoms with Crippen LogP contribution < -0.4 is 16.7 Å². The molecule has 2 saturated carbocycles. The number of aryl methyl sites for hydroxylation is 1. The van der Waals surface area contributed by atoms with Gasteiger partial charge in [0.1, 0.15) is 10.4 Å². The van der Waals surface area contributed by atoms with E-state index in [2.05, 4.69) is 10.5 Å². The summed E-state index contributed by atoms with van der Waals surface area (Å²) in [6.07, 6.45) is 2.65. The van der Waals surface area contributed by atoms with E-state index >= 15 is 0 Å². The van der Waals surface area contributed by atoms with Crippen molar-refractivity contribution in [2.75, 3.05) is 0 Å². The van der Waals surface area contributed by atoms with Crippen LogP contribution in [0.5, 0.6) is 0 Å². The van der Waals surface area contributed by atoms with Crippen molar-refractivity contribution >= 4 is 33.9 Å². The molecule has 0 saturated heterocycles. The molecule has 1 amide bonds. The van der Waals surface area contributed by atoms with E-state index in [0.29, 0.717) is 33.5 Å². The maximum atomic E-state index is 14.4. The summed E-state index contributed by atoms with van der Waals surface area (Å²) in [5.74, 6) is -3.78. The Morgan fingerprint density at radius 3 is 2.58 bits per heavy atom. The standard InChI is InChI=1S/C22H28F2N4O4S/c1-12-15(10-25-26-19(30)32-21(2,3)4)33-18-16(12)17(29)28(14-7-8-14)20(31)27(18)11-13-6-5-9-22(13,23)24/h10,13-14H,5-9,11H2,1-4H3,(H,26,30). The maximum Gasteiger partial charge on any atom is 0.428 e. The van der Waals surface area contributed by atoms with Crippen molar-refractivity contribution < 1.29 is 18.3 Å². The van der Waals surface area contributed by atoms with Crippen molar-refractivity contribution in [3.63, 3.8) is 0 Å². The Kier molecular flexibility index (Phi) is 5.96. The SMILES string of the molecule is Cc1c(C=NNC(=O)OC(C)(C)C)sc2c1c(=O)n(C1CC1)c(=O)n2CC1CCCC1(F)F. The minimum Gasteiger partial charge on any atom is -0.443 e. The first-order valence-electron chi connectivity index (χ1n) is 11.1. The molecule has 0 aromatic carbocycles. The van der Waals surface area contributed by atoms with Gasteiger partial charge < -0.3 is 4.74 Å². The molecule has 2 aliphatic rings. The monoisotopic (exact) mass is 482 g/mol. The van der Waals surface area contributed by atoms with Gasteiger partial charge in [-0.15, -0.1) is 11.3 Å². The molecule has 1 unspecified atom stereocenters. The Balaban J connectivity index is 1.74. The van der Waals surface area contributed by atoms with E-state index < -0.39 is 34.8 Å². The number of carbonyl (C=O) groups excluding carboxylic acids is 1. The predicted molar refractivity (Wildman–Crippen MR) is 123 cm³/mol. The molecule has 11 heteroatoms. The first-order valence-corrected chi connectivity index (χ1v) is 11.9. The van der Waals surface area contributed by atoms with E-state index in [9.17, 15) is 23.2 Å². The lowest BCUT2D eigenvalue weighted by molar-refractivity contribution is -0.0422. The van der Waals surface area contributed by atoms with Gasteiger partial charge in [0.15, 0.2) is 0 Å². The Morgan fingerprint density at radius 1 is 1.30 bits per heavy atom. The third kappa shape index (κ3) is 4.73. The molecule has 4 rings (SSSR count). The summed E-state index contributed by atoms with van der Waals surface area (Å²) < 4.78 is 36.4. The zero-order valence-corrected chi connectivity index (χ0v) is 19.9. The quantitative estimate of drug-likeness (QED) is 0.511. The summed E-state index contributed by atoms with van der Waals surface area (Å²) in [4.78, 5) is 39.2. The Hall–Kier alpha value is -2.56.